The van der Waals surface area contributed by atoms with Crippen LogP contribution in [0.1, 0.15) is 54.4 Å². The fourth-order valence-electron chi connectivity index (χ4n) is 2.69. The normalized spacial score (nSPS) is 27.6. The molecule has 23 heavy (non-hydrogen) atoms. The highest BCUT2D eigenvalue weighted by Gasteiger charge is 2.47. The highest BCUT2D eigenvalue weighted by Crippen LogP contribution is 2.42. The smallest absolute Gasteiger partial charge is 0.319 e. The van der Waals surface area contributed by atoms with Gasteiger partial charge in [0.25, 0.3) is 0 Å². The second kappa shape index (κ2) is 8.05. The molecule has 6 heteroatoms. The molecule has 1 fully saturated rings. The molecule has 5 nitrogen and oxygen atoms in total. The second-order valence-electron chi connectivity index (χ2n) is 7.05. The lowest BCUT2D eigenvalue weighted by Crippen LogP contribution is -2.39. The maximum atomic E-state index is 12.3. The van der Waals surface area contributed by atoms with Crippen molar-refractivity contribution in [2.24, 2.45) is 17.8 Å². The number of rotatable bonds is 5. The number of amides is 1. The number of nitrogens with zero attached hydrogens (tertiary/aromatic N) is 1. The summed E-state index contributed by atoms with van der Waals surface area (Å²) in [5.74, 6) is -0.951. The van der Waals surface area contributed by atoms with Gasteiger partial charge in [0.15, 0.2) is 0 Å². The number of hydrogen-bond donors (Lipinski definition) is 1. The third-order valence-corrected chi connectivity index (χ3v) is 5.71. The van der Waals surface area contributed by atoms with E-state index in [-0.39, 0.29) is 29.1 Å². The molecule has 0 saturated carbocycles. The van der Waals surface area contributed by atoms with E-state index in [4.69, 9.17) is 4.74 Å². The molecule has 0 radical (unpaired) electrons. The van der Waals surface area contributed by atoms with Gasteiger partial charge < -0.3 is 10.1 Å². The maximum Gasteiger partial charge on any atom is 0.319 e. The maximum absolute atomic E-state index is 12.3. The van der Waals surface area contributed by atoms with E-state index in [1.165, 1.54) is 11.8 Å². The van der Waals surface area contributed by atoms with Gasteiger partial charge in [-0.25, -0.2) is 0 Å². The average Bonchev–Trinajstić information content (AvgIpc) is 2.74. The second-order valence-corrected chi connectivity index (χ2v) is 8.33. The number of ether oxygens (including phenoxy) is 1. The summed E-state index contributed by atoms with van der Waals surface area (Å²) in [6.07, 6.45) is 1.53. The molecule has 0 bridgehead atoms. The number of carbonyl (C=O) groups excluding carboxylic acids is 2. The minimum atomic E-state index is -0.559. The Labute approximate surface area is 143 Å². The van der Waals surface area contributed by atoms with Gasteiger partial charge in [-0.15, -0.1) is 11.8 Å². The van der Waals surface area contributed by atoms with Crippen molar-refractivity contribution in [1.82, 2.24) is 5.32 Å². The minimum Gasteiger partial charge on any atom is -0.459 e. The molecule has 1 amide bonds. The van der Waals surface area contributed by atoms with E-state index in [1.807, 2.05) is 41.5 Å². The molecule has 1 aliphatic heterocycles. The van der Waals surface area contributed by atoms with Gasteiger partial charge in [-0.3, -0.25) is 9.59 Å². The average molecular weight is 340 g/mol. The molecule has 1 rings (SSSR count). The van der Waals surface area contributed by atoms with Gasteiger partial charge in [0.1, 0.15) is 10.9 Å². The summed E-state index contributed by atoms with van der Waals surface area (Å²) < 4.78 is 5.45. The van der Waals surface area contributed by atoms with Crippen LogP contribution < -0.4 is 5.32 Å². The van der Waals surface area contributed by atoms with Gasteiger partial charge in [0.2, 0.25) is 5.91 Å². The number of nitrogens with one attached hydrogen (secondary N) is 1. The van der Waals surface area contributed by atoms with Crippen LogP contribution in [-0.4, -0.2) is 28.1 Å². The summed E-state index contributed by atoms with van der Waals surface area (Å²) in [6, 6.07) is 2.25. The van der Waals surface area contributed by atoms with Crippen molar-refractivity contribution in [3.05, 3.63) is 0 Å². The molecular weight excluding hydrogens is 312 g/mol. The highest BCUT2D eigenvalue weighted by atomic mass is 32.2. The molecule has 0 aliphatic carbocycles. The van der Waals surface area contributed by atoms with Crippen molar-refractivity contribution in [2.75, 3.05) is 0 Å². The Morgan fingerprint density at radius 3 is 2.30 bits per heavy atom. The van der Waals surface area contributed by atoms with Crippen LogP contribution in [0.4, 0.5) is 0 Å². The first-order valence-corrected chi connectivity index (χ1v) is 9.17. The van der Waals surface area contributed by atoms with Crippen molar-refractivity contribution in [1.29, 1.82) is 5.26 Å². The number of esters is 1. The van der Waals surface area contributed by atoms with E-state index in [2.05, 4.69) is 11.4 Å². The molecule has 0 aromatic rings. The minimum absolute atomic E-state index is 0.0372. The molecular formula is C17H28N2O3S. The number of nitriles is 1. The zero-order chi connectivity index (χ0) is 17.8. The van der Waals surface area contributed by atoms with Crippen LogP contribution >= 0.6 is 11.8 Å². The third-order valence-electron chi connectivity index (χ3n) is 4.09. The highest BCUT2D eigenvalue weighted by molar-refractivity contribution is 8.01. The van der Waals surface area contributed by atoms with E-state index >= 15 is 0 Å². The molecule has 0 spiro atoms. The van der Waals surface area contributed by atoms with Gasteiger partial charge in [0, 0.05) is 5.92 Å². The Balaban J connectivity index is 2.81. The Bertz CT molecular complexity index is 477. The molecule has 1 saturated heterocycles. The Hall–Kier alpha value is -1.22. The van der Waals surface area contributed by atoms with Gasteiger partial charge in [-0.05, 0) is 39.5 Å². The van der Waals surface area contributed by atoms with Gasteiger partial charge >= 0.3 is 5.97 Å². The SMILES string of the molecule is CCC(CC)C(=O)NC1SC(C(=O)OC(C)(C)C)C(C)C1C#N. The van der Waals surface area contributed by atoms with Crippen molar-refractivity contribution < 1.29 is 14.3 Å². The predicted molar refractivity (Wildman–Crippen MR) is 91.5 cm³/mol. The van der Waals surface area contributed by atoms with Crippen LogP contribution in [0.25, 0.3) is 0 Å². The molecule has 130 valence electrons. The van der Waals surface area contributed by atoms with Crippen molar-refractivity contribution >= 4 is 23.6 Å². The summed E-state index contributed by atoms with van der Waals surface area (Å²) in [5.41, 5.74) is -0.559. The number of hydrogen-bond acceptors (Lipinski definition) is 5. The van der Waals surface area contributed by atoms with Gasteiger partial charge in [-0.1, -0.05) is 20.8 Å². The number of thioether (sulfide) groups is 1. The van der Waals surface area contributed by atoms with E-state index in [9.17, 15) is 14.9 Å². The van der Waals surface area contributed by atoms with Crippen LogP contribution in [0.15, 0.2) is 0 Å². The fraction of sp³-hybridized carbons (Fsp3) is 0.824. The Morgan fingerprint density at radius 2 is 1.87 bits per heavy atom. The van der Waals surface area contributed by atoms with E-state index in [0.29, 0.717) is 0 Å². The predicted octanol–water partition coefficient (Wildman–Crippen LogP) is 3.10. The largest absolute Gasteiger partial charge is 0.459 e. The first-order valence-electron chi connectivity index (χ1n) is 8.22. The zero-order valence-electron chi connectivity index (χ0n) is 14.9. The molecule has 1 heterocycles. The summed E-state index contributed by atoms with van der Waals surface area (Å²) in [4.78, 5) is 24.6. The molecule has 0 aromatic heterocycles. The van der Waals surface area contributed by atoms with Crippen LogP contribution in [0.3, 0.4) is 0 Å². The lowest BCUT2D eigenvalue weighted by atomic mass is 9.92. The summed E-state index contributed by atoms with van der Waals surface area (Å²) in [7, 11) is 0. The van der Waals surface area contributed by atoms with Crippen LogP contribution in [-0.2, 0) is 14.3 Å². The number of carbonyl (C=O) groups is 2. The summed E-state index contributed by atoms with van der Waals surface area (Å²) in [5, 5.41) is 11.6. The quantitative estimate of drug-likeness (QED) is 0.778. The van der Waals surface area contributed by atoms with Crippen LogP contribution in [0.5, 0.6) is 0 Å². The first kappa shape index (κ1) is 19.8. The Kier molecular flexibility index (Phi) is 6.94. The third kappa shape index (κ3) is 5.13. The lowest BCUT2D eigenvalue weighted by Gasteiger charge is -2.23. The fourth-order valence-corrected chi connectivity index (χ4v) is 4.24. The Morgan fingerprint density at radius 1 is 1.30 bits per heavy atom. The van der Waals surface area contributed by atoms with E-state index < -0.39 is 16.8 Å². The molecule has 4 atom stereocenters. The van der Waals surface area contributed by atoms with Gasteiger partial charge in [0.05, 0.1) is 17.4 Å². The topological polar surface area (TPSA) is 79.2 Å². The standard InChI is InChI=1S/C17H28N2O3S/c1-7-11(8-2)14(20)19-15-12(9-18)10(3)13(23-15)16(21)22-17(4,5)6/h10-13,15H,7-8H2,1-6H3,(H,19,20). The molecule has 1 N–H and O–H groups in total. The summed E-state index contributed by atoms with van der Waals surface area (Å²) in [6.45, 7) is 11.3. The van der Waals surface area contributed by atoms with E-state index in [1.54, 1.807) is 0 Å². The van der Waals surface area contributed by atoms with Crippen LogP contribution in [0.2, 0.25) is 0 Å². The van der Waals surface area contributed by atoms with E-state index in [0.717, 1.165) is 12.8 Å². The van der Waals surface area contributed by atoms with Crippen molar-refractivity contribution in [2.45, 2.75) is 70.6 Å². The molecule has 1 aliphatic rings. The van der Waals surface area contributed by atoms with Crippen molar-refractivity contribution in [3.8, 4) is 6.07 Å². The monoisotopic (exact) mass is 340 g/mol. The summed E-state index contributed by atoms with van der Waals surface area (Å²) >= 11 is 1.34. The molecule has 0 aromatic carbocycles. The molecule has 4 unspecified atom stereocenters. The van der Waals surface area contributed by atoms with Crippen molar-refractivity contribution in [3.63, 3.8) is 0 Å². The zero-order valence-corrected chi connectivity index (χ0v) is 15.7. The lowest BCUT2D eigenvalue weighted by molar-refractivity contribution is -0.155. The first-order chi connectivity index (χ1) is 10.6. The van der Waals surface area contributed by atoms with Crippen LogP contribution in [0, 0.1) is 29.1 Å². The van der Waals surface area contributed by atoms with Gasteiger partial charge in [-0.2, -0.15) is 5.26 Å².